The molecule has 0 aliphatic rings. The lowest BCUT2D eigenvalue weighted by atomic mass is 10.1. The molecule has 0 saturated carbocycles. The van der Waals surface area contributed by atoms with E-state index in [4.69, 9.17) is 5.26 Å². The molecule has 4 nitrogen and oxygen atoms in total. The van der Waals surface area contributed by atoms with Gasteiger partial charge in [0.15, 0.2) is 0 Å². The molecule has 0 fully saturated rings. The van der Waals surface area contributed by atoms with E-state index in [9.17, 15) is 4.79 Å². The minimum Gasteiger partial charge on any atom is -0.355 e. The van der Waals surface area contributed by atoms with Crippen LogP contribution in [0.15, 0.2) is 29.6 Å². The van der Waals surface area contributed by atoms with Crippen LogP contribution in [-0.2, 0) is 17.6 Å². The van der Waals surface area contributed by atoms with Gasteiger partial charge in [0, 0.05) is 24.0 Å². The predicted octanol–water partition coefficient (Wildman–Crippen LogP) is 2.22. The van der Waals surface area contributed by atoms with Gasteiger partial charge in [-0.1, -0.05) is 12.1 Å². The number of aromatic nitrogens is 1. The van der Waals surface area contributed by atoms with Crippen molar-refractivity contribution in [2.24, 2.45) is 0 Å². The Morgan fingerprint density at radius 3 is 2.75 bits per heavy atom. The Kier molecular flexibility index (Phi) is 4.85. The molecule has 1 aromatic carbocycles. The molecular weight excluding hydrogens is 270 g/mol. The van der Waals surface area contributed by atoms with Gasteiger partial charge in [0.05, 0.1) is 23.1 Å². The van der Waals surface area contributed by atoms with E-state index in [2.05, 4.69) is 16.4 Å². The van der Waals surface area contributed by atoms with Crippen molar-refractivity contribution in [1.82, 2.24) is 10.3 Å². The van der Waals surface area contributed by atoms with Crippen LogP contribution in [0.25, 0.3) is 0 Å². The first-order chi connectivity index (χ1) is 9.67. The summed E-state index contributed by atoms with van der Waals surface area (Å²) in [6, 6.07) is 9.12. The first-order valence-corrected chi connectivity index (χ1v) is 7.22. The largest absolute Gasteiger partial charge is 0.355 e. The number of aryl methyl sites for hydroxylation is 1. The summed E-state index contributed by atoms with van der Waals surface area (Å²) in [5.41, 5.74) is 2.54. The Morgan fingerprint density at radius 2 is 2.15 bits per heavy atom. The highest BCUT2D eigenvalue weighted by molar-refractivity contribution is 7.09. The molecule has 0 atom stereocenters. The molecule has 1 N–H and O–H groups in total. The van der Waals surface area contributed by atoms with Crippen LogP contribution in [0.2, 0.25) is 0 Å². The van der Waals surface area contributed by atoms with E-state index in [-0.39, 0.29) is 5.91 Å². The summed E-state index contributed by atoms with van der Waals surface area (Å²) in [6.45, 7) is 2.56. The number of hydrogen-bond donors (Lipinski definition) is 1. The molecule has 5 heteroatoms. The molecule has 1 heterocycles. The lowest BCUT2D eigenvalue weighted by Gasteiger charge is -2.04. The van der Waals surface area contributed by atoms with Gasteiger partial charge in [-0.2, -0.15) is 5.26 Å². The van der Waals surface area contributed by atoms with Gasteiger partial charge in [0.2, 0.25) is 5.91 Å². The van der Waals surface area contributed by atoms with Crippen LogP contribution in [0, 0.1) is 18.3 Å². The number of carbonyl (C=O) groups excluding carboxylic acids is 1. The van der Waals surface area contributed by atoms with Crippen molar-refractivity contribution in [1.29, 1.82) is 5.26 Å². The zero-order valence-corrected chi connectivity index (χ0v) is 12.0. The average molecular weight is 285 g/mol. The van der Waals surface area contributed by atoms with Crippen LogP contribution >= 0.6 is 11.3 Å². The lowest BCUT2D eigenvalue weighted by Crippen LogP contribution is -2.27. The molecule has 0 unspecified atom stereocenters. The second kappa shape index (κ2) is 6.83. The average Bonchev–Trinajstić information content (AvgIpc) is 2.85. The molecule has 1 amide bonds. The van der Waals surface area contributed by atoms with Crippen molar-refractivity contribution in [3.8, 4) is 6.07 Å². The van der Waals surface area contributed by atoms with Crippen LogP contribution in [0.1, 0.15) is 21.8 Å². The standard InChI is InChI=1S/C15H15N3OS/c1-11-10-20-15(18-11)6-7-17-14(19)8-12-2-4-13(9-16)5-3-12/h2-5,10H,6-8H2,1H3,(H,17,19). The van der Waals surface area contributed by atoms with Crippen molar-refractivity contribution in [2.75, 3.05) is 6.54 Å². The van der Waals surface area contributed by atoms with E-state index in [0.29, 0.717) is 18.5 Å². The molecule has 102 valence electrons. The third kappa shape index (κ3) is 4.18. The second-order valence-electron chi connectivity index (χ2n) is 4.47. The third-order valence-corrected chi connectivity index (χ3v) is 3.80. The summed E-state index contributed by atoms with van der Waals surface area (Å²) in [5, 5.41) is 14.6. The minimum absolute atomic E-state index is 0.0111. The number of thiazole rings is 1. The number of rotatable bonds is 5. The van der Waals surface area contributed by atoms with Gasteiger partial charge < -0.3 is 5.32 Å². The van der Waals surface area contributed by atoms with E-state index in [1.807, 2.05) is 24.4 Å². The van der Waals surface area contributed by atoms with Gasteiger partial charge >= 0.3 is 0 Å². The van der Waals surface area contributed by atoms with Gasteiger partial charge in [-0.15, -0.1) is 11.3 Å². The first kappa shape index (κ1) is 14.2. The maximum atomic E-state index is 11.8. The number of amides is 1. The highest BCUT2D eigenvalue weighted by Gasteiger charge is 2.04. The fourth-order valence-electron chi connectivity index (χ4n) is 1.77. The zero-order chi connectivity index (χ0) is 14.4. The normalized spacial score (nSPS) is 10.0. The summed E-state index contributed by atoms with van der Waals surface area (Å²) in [5.74, 6) is -0.0111. The summed E-state index contributed by atoms with van der Waals surface area (Å²) < 4.78 is 0. The third-order valence-electron chi connectivity index (χ3n) is 2.78. The lowest BCUT2D eigenvalue weighted by molar-refractivity contribution is -0.120. The second-order valence-corrected chi connectivity index (χ2v) is 5.41. The maximum absolute atomic E-state index is 11.8. The topological polar surface area (TPSA) is 65.8 Å². The van der Waals surface area contributed by atoms with Gasteiger partial charge in [-0.05, 0) is 24.6 Å². The molecule has 1 aromatic heterocycles. The van der Waals surface area contributed by atoms with Crippen LogP contribution < -0.4 is 5.32 Å². The fourth-order valence-corrected chi connectivity index (χ4v) is 2.55. The van der Waals surface area contributed by atoms with Gasteiger partial charge in [0.25, 0.3) is 0 Å². The number of hydrogen-bond acceptors (Lipinski definition) is 4. The van der Waals surface area contributed by atoms with Crippen molar-refractivity contribution in [3.63, 3.8) is 0 Å². The molecule has 0 radical (unpaired) electrons. The van der Waals surface area contributed by atoms with Crippen LogP contribution in [0.3, 0.4) is 0 Å². The number of nitrogens with zero attached hydrogens (tertiary/aromatic N) is 2. The highest BCUT2D eigenvalue weighted by Crippen LogP contribution is 2.08. The highest BCUT2D eigenvalue weighted by atomic mass is 32.1. The smallest absolute Gasteiger partial charge is 0.224 e. The molecule has 0 aliphatic heterocycles. The van der Waals surface area contributed by atoms with Gasteiger partial charge in [0.1, 0.15) is 0 Å². The molecule has 20 heavy (non-hydrogen) atoms. The molecule has 0 saturated heterocycles. The number of benzene rings is 1. The minimum atomic E-state index is -0.0111. The van der Waals surface area contributed by atoms with E-state index in [1.54, 1.807) is 23.5 Å². The van der Waals surface area contributed by atoms with Crippen molar-refractivity contribution in [2.45, 2.75) is 19.8 Å². The Hall–Kier alpha value is -2.19. The van der Waals surface area contributed by atoms with Gasteiger partial charge in [-0.3, -0.25) is 4.79 Å². The summed E-state index contributed by atoms with van der Waals surface area (Å²) in [6.07, 6.45) is 1.10. The molecule has 2 aromatic rings. The van der Waals surface area contributed by atoms with Crippen molar-refractivity contribution in [3.05, 3.63) is 51.5 Å². The molecular formula is C15H15N3OS. The fraction of sp³-hybridized carbons (Fsp3) is 0.267. The summed E-state index contributed by atoms with van der Waals surface area (Å²) in [4.78, 5) is 16.1. The Balaban J connectivity index is 1.76. The predicted molar refractivity (Wildman–Crippen MR) is 78.4 cm³/mol. The molecule has 0 spiro atoms. The molecule has 0 bridgehead atoms. The number of nitrogens with one attached hydrogen (secondary N) is 1. The Bertz CT molecular complexity index is 625. The Morgan fingerprint density at radius 1 is 1.40 bits per heavy atom. The number of carbonyl (C=O) groups is 1. The van der Waals surface area contributed by atoms with E-state index in [0.717, 1.165) is 22.7 Å². The van der Waals surface area contributed by atoms with E-state index >= 15 is 0 Å². The molecule has 2 rings (SSSR count). The zero-order valence-electron chi connectivity index (χ0n) is 11.2. The Labute approximate surface area is 122 Å². The van der Waals surface area contributed by atoms with Crippen LogP contribution in [-0.4, -0.2) is 17.4 Å². The summed E-state index contributed by atoms with van der Waals surface area (Å²) in [7, 11) is 0. The number of nitriles is 1. The monoisotopic (exact) mass is 285 g/mol. The SMILES string of the molecule is Cc1csc(CCNC(=O)Cc2ccc(C#N)cc2)n1. The van der Waals surface area contributed by atoms with E-state index < -0.39 is 0 Å². The summed E-state index contributed by atoms with van der Waals surface area (Å²) >= 11 is 1.62. The van der Waals surface area contributed by atoms with Crippen molar-refractivity contribution < 1.29 is 4.79 Å². The van der Waals surface area contributed by atoms with Crippen LogP contribution in [0.4, 0.5) is 0 Å². The van der Waals surface area contributed by atoms with Gasteiger partial charge in [-0.25, -0.2) is 4.98 Å². The van der Waals surface area contributed by atoms with Crippen LogP contribution in [0.5, 0.6) is 0 Å². The van der Waals surface area contributed by atoms with E-state index in [1.165, 1.54) is 0 Å². The molecule has 0 aliphatic carbocycles. The first-order valence-electron chi connectivity index (χ1n) is 6.34. The maximum Gasteiger partial charge on any atom is 0.224 e. The van der Waals surface area contributed by atoms with Crippen molar-refractivity contribution >= 4 is 17.2 Å². The quantitative estimate of drug-likeness (QED) is 0.916.